The topological polar surface area (TPSA) is 55.4 Å². The Labute approximate surface area is 101 Å². The minimum Gasteiger partial charge on any atom is -0.326 e. The number of nitrogens with two attached hydrogens (primary N) is 1. The monoisotopic (exact) mass is 230 g/mol. The SMILES string of the molecule is NCc1ccn2cc(CC3CCNC3)nc2c1. The van der Waals surface area contributed by atoms with E-state index < -0.39 is 0 Å². The molecule has 1 aliphatic heterocycles. The maximum absolute atomic E-state index is 5.63. The van der Waals surface area contributed by atoms with Gasteiger partial charge in [-0.2, -0.15) is 0 Å². The molecule has 1 fully saturated rings. The minimum atomic E-state index is 0.575. The molecule has 0 bridgehead atoms. The van der Waals surface area contributed by atoms with Crippen LogP contribution in [0.25, 0.3) is 5.65 Å². The second-order valence-corrected chi connectivity index (χ2v) is 4.80. The normalized spacial score (nSPS) is 20.2. The number of hydrogen-bond acceptors (Lipinski definition) is 3. The average molecular weight is 230 g/mol. The lowest BCUT2D eigenvalue weighted by molar-refractivity contribution is 0.573. The molecular weight excluding hydrogens is 212 g/mol. The van der Waals surface area contributed by atoms with Gasteiger partial charge in [-0.15, -0.1) is 0 Å². The molecule has 4 heteroatoms. The van der Waals surface area contributed by atoms with E-state index in [2.05, 4.69) is 33.0 Å². The maximum atomic E-state index is 5.63. The summed E-state index contributed by atoms with van der Waals surface area (Å²) in [5, 5.41) is 3.39. The van der Waals surface area contributed by atoms with E-state index in [1.807, 2.05) is 6.20 Å². The van der Waals surface area contributed by atoms with Crippen LogP contribution in [-0.4, -0.2) is 22.5 Å². The van der Waals surface area contributed by atoms with Crippen LogP contribution in [0.2, 0.25) is 0 Å². The molecule has 0 radical (unpaired) electrons. The summed E-state index contributed by atoms with van der Waals surface area (Å²) >= 11 is 0. The van der Waals surface area contributed by atoms with Crippen molar-refractivity contribution in [1.82, 2.24) is 14.7 Å². The van der Waals surface area contributed by atoms with Crippen molar-refractivity contribution >= 4 is 5.65 Å². The predicted molar refractivity (Wildman–Crippen MR) is 67.8 cm³/mol. The van der Waals surface area contributed by atoms with Gasteiger partial charge in [-0.05, 0) is 49.5 Å². The molecule has 0 aliphatic carbocycles. The van der Waals surface area contributed by atoms with Crippen LogP contribution in [0, 0.1) is 5.92 Å². The van der Waals surface area contributed by atoms with Gasteiger partial charge in [-0.1, -0.05) is 0 Å². The van der Waals surface area contributed by atoms with E-state index >= 15 is 0 Å². The summed E-state index contributed by atoms with van der Waals surface area (Å²) in [5.41, 5.74) is 8.97. The summed E-state index contributed by atoms with van der Waals surface area (Å²) in [6, 6.07) is 4.12. The molecule has 0 amide bonds. The molecule has 90 valence electrons. The second-order valence-electron chi connectivity index (χ2n) is 4.80. The third-order valence-corrected chi connectivity index (χ3v) is 3.47. The molecule has 1 saturated heterocycles. The first kappa shape index (κ1) is 10.7. The summed E-state index contributed by atoms with van der Waals surface area (Å²) in [7, 11) is 0. The van der Waals surface area contributed by atoms with Crippen LogP contribution >= 0.6 is 0 Å². The highest BCUT2D eigenvalue weighted by Crippen LogP contribution is 2.16. The molecule has 3 rings (SSSR count). The molecule has 2 aromatic rings. The van der Waals surface area contributed by atoms with Gasteiger partial charge in [0.25, 0.3) is 0 Å². The molecule has 3 N–H and O–H groups in total. The van der Waals surface area contributed by atoms with Crippen molar-refractivity contribution in [2.75, 3.05) is 13.1 Å². The molecule has 0 aromatic carbocycles. The fraction of sp³-hybridized carbons (Fsp3) is 0.462. The highest BCUT2D eigenvalue weighted by atomic mass is 15.0. The zero-order valence-electron chi connectivity index (χ0n) is 9.89. The van der Waals surface area contributed by atoms with Crippen LogP contribution in [0.15, 0.2) is 24.5 Å². The quantitative estimate of drug-likeness (QED) is 0.825. The van der Waals surface area contributed by atoms with Crippen LogP contribution in [0.5, 0.6) is 0 Å². The van der Waals surface area contributed by atoms with Gasteiger partial charge >= 0.3 is 0 Å². The van der Waals surface area contributed by atoms with Crippen molar-refractivity contribution in [1.29, 1.82) is 0 Å². The van der Waals surface area contributed by atoms with Gasteiger partial charge in [0.05, 0.1) is 5.69 Å². The van der Waals surface area contributed by atoms with Crippen molar-refractivity contribution in [3.63, 3.8) is 0 Å². The van der Waals surface area contributed by atoms with Gasteiger partial charge in [0.15, 0.2) is 0 Å². The van der Waals surface area contributed by atoms with Gasteiger partial charge in [-0.25, -0.2) is 4.98 Å². The van der Waals surface area contributed by atoms with Gasteiger partial charge in [0, 0.05) is 18.9 Å². The van der Waals surface area contributed by atoms with Crippen LogP contribution in [0.1, 0.15) is 17.7 Å². The Morgan fingerprint density at radius 2 is 2.47 bits per heavy atom. The molecule has 1 atom stereocenters. The largest absolute Gasteiger partial charge is 0.326 e. The number of nitrogens with one attached hydrogen (secondary N) is 1. The Hall–Kier alpha value is -1.39. The van der Waals surface area contributed by atoms with Crippen molar-refractivity contribution < 1.29 is 0 Å². The van der Waals surface area contributed by atoms with E-state index in [1.165, 1.54) is 12.1 Å². The van der Waals surface area contributed by atoms with Crippen molar-refractivity contribution in [3.8, 4) is 0 Å². The zero-order chi connectivity index (χ0) is 11.7. The minimum absolute atomic E-state index is 0.575. The van der Waals surface area contributed by atoms with Crippen molar-refractivity contribution in [2.24, 2.45) is 11.7 Å². The maximum Gasteiger partial charge on any atom is 0.137 e. The summed E-state index contributed by atoms with van der Waals surface area (Å²) in [6.07, 6.45) is 6.52. The lowest BCUT2D eigenvalue weighted by atomic mass is 10.0. The van der Waals surface area contributed by atoms with Gasteiger partial charge in [0.1, 0.15) is 5.65 Å². The predicted octanol–water partition coefficient (Wildman–Crippen LogP) is 0.945. The van der Waals surface area contributed by atoms with Crippen LogP contribution in [0.3, 0.4) is 0 Å². The third kappa shape index (κ3) is 2.18. The summed E-state index contributed by atoms with van der Waals surface area (Å²) < 4.78 is 2.08. The molecular formula is C13H18N4. The molecule has 2 aromatic heterocycles. The second kappa shape index (κ2) is 4.47. The Kier molecular flexibility index (Phi) is 2.82. The van der Waals surface area contributed by atoms with E-state index in [0.717, 1.165) is 36.6 Å². The standard InChI is InChI=1S/C13H18N4/c14-7-10-2-4-17-9-12(16-13(17)6-10)5-11-1-3-15-8-11/h2,4,6,9,11,15H,1,3,5,7-8,14H2. The van der Waals surface area contributed by atoms with Gasteiger partial charge in [0.2, 0.25) is 0 Å². The first-order valence-corrected chi connectivity index (χ1v) is 6.22. The number of hydrogen-bond donors (Lipinski definition) is 2. The molecule has 0 saturated carbocycles. The molecule has 4 nitrogen and oxygen atoms in total. The first-order chi connectivity index (χ1) is 8.35. The Morgan fingerprint density at radius 3 is 3.24 bits per heavy atom. The fourth-order valence-electron chi connectivity index (χ4n) is 2.49. The lowest BCUT2D eigenvalue weighted by Crippen LogP contribution is -2.10. The molecule has 3 heterocycles. The van der Waals surface area contributed by atoms with E-state index in [-0.39, 0.29) is 0 Å². The number of nitrogens with zero attached hydrogens (tertiary/aromatic N) is 2. The number of pyridine rings is 1. The smallest absolute Gasteiger partial charge is 0.137 e. The molecule has 1 aliphatic rings. The molecule has 0 spiro atoms. The lowest BCUT2D eigenvalue weighted by Gasteiger charge is -2.03. The Balaban J connectivity index is 1.85. The van der Waals surface area contributed by atoms with Crippen LogP contribution in [-0.2, 0) is 13.0 Å². The van der Waals surface area contributed by atoms with E-state index in [9.17, 15) is 0 Å². The van der Waals surface area contributed by atoms with Gasteiger partial charge in [-0.3, -0.25) is 0 Å². The Morgan fingerprint density at radius 1 is 1.53 bits per heavy atom. The number of aromatic nitrogens is 2. The number of rotatable bonds is 3. The number of imidazole rings is 1. The van der Waals surface area contributed by atoms with E-state index in [0.29, 0.717) is 6.54 Å². The van der Waals surface area contributed by atoms with Crippen molar-refractivity contribution in [3.05, 3.63) is 35.8 Å². The Bertz CT molecular complexity index is 511. The van der Waals surface area contributed by atoms with Crippen molar-refractivity contribution in [2.45, 2.75) is 19.4 Å². The van der Waals surface area contributed by atoms with E-state index in [1.54, 1.807) is 0 Å². The van der Waals surface area contributed by atoms with Gasteiger partial charge < -0.3 is 15.5 Å². The zero-order valence-corrected chi connectivity index (χ0v) is 9.89. The highest BCUT2D eigenvalue weighted by molar-refractivity contribution is 5.43. The van der Waals surface area contributed by atoms with Crippen LogP contribution in [0.4, 0.5) is 0 Å². The summed E-state index contributed by atoms with van der Waals surface area (Å²) in [6.45, 7) is 2.85. The molecule has 1 unspecified atom stereocenters. The summed E-state index contributed by atoms with van der Waals surface area (Å²) in [4.78, 5) is 4.66. The van der Waals surface area contributed by atoms with Crippen LogP contribution < -0.4 is 11.1 Å². The van der Waals surface area contributed by atoms with E-state index in [4.69, 9.17) is 5.73 Å². The fourth-order valence-corrected chi connectivity index (χ4v) is 2.49. The number of fused-ring (bicyclic) bond motifs is 1. The third-order valence-electron chi connectivity index (χ3n) is 3.47. The first-order valence-electron chi connectivity index (χ1n) is 6.22. The summed E-state index contributed by atoms with van der Waals surface area (Å²) in [5.74, 6) is 0.744. The highest BCUT2D eigenvalue weighted by Gasteiger charge is 2.16. The average Bonchev–Trinajstić information content (AvgIpc) is 2.96. The molecule has 17 heavy (non-hydrogen) atoms.